The number of ether oxygens (including phenoxy) is 3. The predicted octanol–water partition coefficient (Wildman–Crippen LogP) is 2.51. The molecule has 1 aliphatic heterocycles. The second-order valence-electron chi connectivity index (χ2n) is 4.77. The van der Waals surface area contributed by atoms with Gasteiger partial charge < -0.3 is 18.6 Å². The van der Waals surface area contributed by atoms with Crippen molar-refractivity contribution < 1.29 is 23.4 Å². The lowest BCUT2D eigenvalue weighted by Gasteiger charge is -2.05. The molecule has 2 heterocycles. The summed E-state index contributed by atoms with van der Waals surface area (Å²) in [5.74, 6) is 1.50. The van der Waals surface area contributed by atoms with Crippen LogP contribution in [0.15, 0.2) is 27.8 Å². The van der Waals surface area contributed by atoms with E-state index in [2.05, 4.69) is 10.2 Å². The number of aromatic nitrogens is 2. The van der Waals surface area contributed by atoms with Crippen LogP contribution in [-0.2, 0) is 9.53 Å². The molecule has 1 aromatic carbocycles. The Labute approximate surface area is 130 Å². The molecule has 22 heavy (non-hydrogen) atoms. The van der Waals surface area contributed by atoms with Crippen molar-refractivity contribution in [3.63, 3.8) is 0 Å². The van der Waals surface area contributed by atoms with Crippen LogP contribution in [0, 0.1) is 0 Å². The molecule has 1 aliphatic rings. The van der Waals surface area contributed by atoms with Crippen LogP contribution in [0.25, 0.3) is 11.5 Å². The number of hydrogen-bond acceptors (Lipinski definition) is 8. The van der Waals surface area contributed by atoms with Gasteiger partial charge in [0.1, 0.15) is 5.75 Å². The number of carbonyl (C=O) groups is 1. The topological polar surface area (TPSA) is 83.7 Å². The monoisotopic (exact) mass is 322 g/mol. The molecule has 0 atom stereocenters. The van der Waals surface area contributed by atoms with Crippen LogP contribution in [0.4, 0.5) is 0 Å². The van der Waals surface area contributed by atoms with Crippen molar-refractivity contribution in [2.75, 3.05) is 12.5 Å². The maximum atomic E-state index is 11.5. The lowest BCUT2D eigenvalue weighted by Crippen LogP contribution is -2.13. The van der Waals surface area contributed by atoms with Crippen LogP contribution in [0.5, 0.6) is 11.5 Å². The van der Waals surface area contributed by atoms with Gasteiger partial charge in [0.05, 0.1) is 6.10 Å². The van der Waals surface area contributed by atoms with Gasteiger partial charge in [0.25, 0.3) is 5.22 Å². The molecule has 0 unspecified atom stereocenters. The SMILES string of the molecule is CC(C)OC(=O)CSc1nnc(-c2ccc3c(c2)OCO3)o1. The number of nitrogens with zero attached hydrogens (tertiary/aromatic N) is 2. The van der Waals surface area contributed by atoms with E-state index in [4.69, 9.17) is 18.6 Å². The maximum absolute atomic E-state index is 11.5. The van der Waals surface area contributed by atoms with Crippen molar-refractivity contribution in [3.8, 4) is 23.0 Å². The van der Waals surface area contributed by atoms with Gasteiger partial charge >= 0.3 is 5.97 Å². The molecule has 0 saturated heterocycles. The summed E-state index contributed by atoms with van der Waals surface area (Å²) in [5.41, 5.74) is 0.730. The summed E-state index contributed by atoms with van der Waals surface area (Å²) in [5, 5.41) is 8.18. The Hall–Kier alpha value is -2.22. The maximum Gasteiger partial charge on any atom is 0.316 e. The molecule has 0 radical (unpaired) electrons. The van der Waals surface area contributed by atoms with E-state index in [9.17, 15) is 4.79 Å². The van der Waals surface area contributed by atoms with E-state index in [0.29, 0.717) is 22.6 Å². The second-order valence-corrected chi connectivity index (χ2v) is 5.70. The van der Waals surface area contributed by atoms with Crippen LogP contribution in [-0.4, -0.2) is 34.8 Å². The summed E-state index contributed by atoms with van der Waals surface area (Å²) in [7, 11) is 0. The molecular weight excluding hydrogens is 308 g/mol. The molecule has 0 fully saturated rings. The Bertz CT molecular complexity index is 686. The van der Waals surface area contributed by atoms with Gasteiger partial charge in [0.2, 0.25) is 12.7 Å². The molecule has 8 heteroatoms. The summed E-state index contributed by atoms with van der Waals surface area (Å²) in [6.07, 6.45) is -0.139. The van der Waals surface area contributed by atoms with Gasteiger partial charge in [0.15, 0.2) is 11.5 Å². The summed E-state index contributed by atoms with van der Waals surface area (Å²) < 4.78 is 21.1. The van der Waals surface area contributed by atoms with Crippen LogP contribution in [0.2, 0.25) is 0 Å². The average molecular weight is 322 g/mol. The van der Waals surface area contributed by atoms with Gasteiger partial charge in [-0.15, -0.1) is 10.2 Å². The standard InChI is InChI=1S/C14H14N2O5S/c1-8(2)20-12(17)6-22-14-16-15-13(21-14)9-3-4-10-11(5-9)19-7-18-10/h3-5,8H,6-7H2,1-2H3. The normalized spacial score (nSPS) is 12.7. The van der Waals surface area contributed by atoms with Gasteiger partial charge in [-0.2, -0.15) is 0 Å². The van der Waals surface area contributed by atoms with E-state index in [0.717, 1.165) is 17.3 Å². The first-order valence-corrected chi connectivity index (χ1v) is 7.66. The number of hydrogen-bond donors (Lipinski definition) is 0. The zero-order valence-corrected chi connectivity index (χ0v) is 12.9. The molecule has 0 saturated carbocycles. The molecule has 3 rings (SSSR count). The first-order chi connectivity index (χ1) is 10.6. The summed E-state index contributed by atoms with van der Waals surface area (Å²) in [6, 6.07) is 5.37. The third-order valence-corrected chi connectivity index (χ3v) is 3.50. The summed E-state index contributed by atoms with van der Waals surface area (Å²) >= 11 is 1.14. The number of fused-ring (bicyclic) bond motifs is 1. The number of thioether (sulfide) groups is 1. The molecule has 2 aromatic rings. The van der Waals surface area contributed by atoms with Crippen LogP contribution in [0.3, 0.4) is 0 Å². The zero-order valence-electron chi connectivity index (χ0n) is 12.1. The largest absolute Gasteiger partial charge is 0.462 e. The molecule has 1 aromatic heterocycles. The Morgan fingerprint density at radius 1 is 1.32 bits per heavy atom. The Morgan fingerprint density at radius 3 is 2.95 bits per heavy atom. The molecule has 0 spiro atoms. The van der Waals surface area contributed by atoms with E-state index in [-0.39, 0.29) is 24.6 Å². The number of esters is 1. The van der Waals surface area contributed by atoms with Crippen LogP contribution in [0.1, 0.15) is 13.8 Å². The minimum Gasteiger partial charge on any atom is -0.462 e. The van der Waals surface area contributed by atoms with E-state index in [1.165, 1.54) is 0 Å². The van der Waals surface area contributed by atoms with Crippen molar-refractivity contribution in [3.05, 3.63) is 18.2 Å². The fourth-order valence-electron chi connectivity index (χ4n) is 1.83. The van der Waals surface area contributed by atoms with E-state index < -0.39 is 0 Å². The van der Waals surface area contributed by atoms with E-state index >= 15 is 0 Å². The number of benzene rings is 1. The second kappa shape index (κ2) is 6.27. The van der Waals surface area contributed by atoms with Crippen molar-refractivity contribution in [1.29, 1.82) is 0 Å². The Morgan fingerprint density at radius 2 is 2.14 bits per heavy atom. The first kappa shape index (κ1) is 14.7. The molecule has 0 amide bonds. The lowest BCUT2D eigenvalue weighted by atomic mass is 10.2. The third-order valence-electron chi connectivity index (χ3n) is 2.71. The van der Waals surface area contributed by atoms with Crippen molar-refractivity contribution >= 4 is 17.7 Å². The Balaban J connectivity index is 1.65. The first-order valence-electron chi connectivity index (χ1n) is 6.67. The molecule has 116 valence electrons. The van der Waals surface area contributed by atoms with Gasteiger partial charge in [-0.05, 0) is 32.0 Å². The third kappa shape index (κ3) is 3.33. The number of carbonyl (C=O) groups excluding carboxylic acids is 1. The minimum absolute atomic E-state index is 0.126. The van der Waals surface area contributed by atoms with Gasteiger partial charge in [0, 0.05) is 5.56 Å². The van der Waals surface area contributed by atoms with Crippen molar-refractivity contribution in [1.82, 2.24) is 10.2 Å². The summed E-state index contributed by atoms with van der Waals surface area (Å²) in [6.45, 7) is 3.81. The summed E-state index contributed by atoms with van der Waals surface area (Å²) in [4.78, 5) is 11.5. The van der Waals surface area contributed by atoms with E-state index in [1.807, 2.05) is 6.07 Å². The highest BCUT2D eigenvalue weighted by Gasteiger charge is 2.17. The fourth-order valence-corrected chi connectivity index (χ4v) is 2.38. The lowest BCUT2D eigenvalue weighted by molar-refractivity contribution is -0.144. The molecule has 0 N–H and O–H groups in total. The van der Waals surface area contributed by atoms with Gasteiger partial charge in [-0.25, -0.2) is 0 Å². The highest BCUT2D eigenvalue weighted by molar-refractivity contribution is 7.99. The highest BCUT2D eigenvalue weighted by atomic mass is 32.2. The fraction of sp³-hybridized carbons (Fsp3) is 0.357. The van der Waals surface area contributed by atoms with Crippen molar-refractivity contribution in [2.45, 2.75) is 25.2 Å². The van der Waals surface area contributed by atoms with Crippen LogP contribution < -0.4 is 9.47 Å². The van der Waals surface area contributed by atoms with Crippen LogP contribution >= 0.6 is 11.8 Å². The molecular formula is C14H14N2O5S. The highest BCUT2D eigenvalue weighted by Crippen LogP contribution is 2.35. The smallest absolute Gasteiger partial charge is 0.316 e. The minimum atomic E-state index is -0.317. The van der Waals surface area contributed by atoms with Crippen molar-refractivity contribution in [2.24, 2.45) is 0 Å². The molecule has 0 bridgehead atoms. The zero-order chi connectivity index (χ0) is 15.5. The molecule has 0 aliphatic carbocycles. The van der Waals surface area contributed by atoms with Gasteiger partial charge in [-0.1, -0.05) is 11.8 Å². The Kier molecular flexibility index (Phi) is 4.19. The average Bonchev–Trinajstić information content (AvgIpc) is 3.12. The van der Waals surface area contributed by atoms with Gasteiger partial charge in [-0.3, -0.25) is 4.79 Å². The number of rotatable bonds is 5. The van der Waals surface area contributed by atoms with E-state index in [1.54, 1.807) is 26.0 Å². The molecule has 7 nitrogen and oxygen atoms in total. The quantitative estimate of drug-likeness (QED) is 0.613. The predicted molar refractivity (Wildman–Crippen MR) is 77.8 cm³/mol.